The van der Waals surface area contributed by atoms with Crippen molar-refractivity contribution >= 4 is 0 Å². The minimum atomic E-state index is 0.121. The molecule has 0 aromatic heterocycles. The lowest BCUT2D eigenvalue weighted by atomic mass is 10.0. The second kappa shape index (κ2) is 6.66. The molecule has 0 saturated carbocycles. The topological polar surface area (TPSA) is 32.3 Å². The van der Waals surface area contributed by atoms with E-state index in [0.717, 1.165) is 18.0 Å². The molecule has 2 N–H and O–H groups in total. The summed E-state index contributed by atoms with van der Waals surface area (Å²) >= 11 is 0. The number of hydrogen-bond acceptors (Lipinski definition) is 2. The van der Waals surface area contributed by atoms with E-state index < -0.39 is 0 Å². The molecular weight excluding hydrogens is 198 g/mol. The van der Waals surface area contributed by atoms with Crippen LogP contribution in [-0.4, -0.2) is 11.1 Å². The average molecular weight is 221 g/mol. The molecule has 1 rings (SSSR count). The third-order valence-corrected chi connectivity index (χ3v) is 2.75. The van der Waals surface area contributed by atoms with E-state index in [2.05, 4.69) is 32.2 Å². The Morgan fingerprint density at radius 2 is 1.75 bits per heavy atom. The minimum absolute atomic E-state index is 0.121. The molecule has 0 saturated heterocycles. The van der Waals surface area contributed by atoms with Crippen molar-refractivity contribution in [1.82, 2.24) is 5.32 Å². The summed E-state index contributed by atoms with van der Waals surface area (Å²) in [6, 6.07) is 8.55. The lowest BCUT2D eigenvalue weighted by Gasteiger charge is -2.17. The standard InChI is InChI=1S/C14H23NO/c1-11(2)8-12(3)15-9-13-6-4-5-7-14(13)10-16/h4-7,11-12,15-16H,8-10H2,1-3H3. The smallest absolute Gasteiger partial charge is 0.0685 e. The predicted molar refractivity (Wildman–Crippen MR) is 68.1 cm³/mol. The highest BCUT2D eigenvalue weighted by molar-refractivity contribution is 5.26. The summed E-state index contributed by atoms with van der Waals surface area (Å²) in [5, 5.41) is 12.7. The maximum Gasteiger partial charge on any atom is 0.0685 e. The van der Waals surface area contributed by atoms with Gasteiger partial charge >= 0.3 is 0 Å². The monoisotopic (exact) mass is 221 g/mol. The van der Waals surface area contributed by atoms with Crippen LogP contribution in [-0.2, 0) is 13.2 Å². The average Bonchev–Trinajstić information content (AvgIpc) is 2.26. The molecule has 16 heavy (non-hydrogen) atoms. The van der Waals surface area contributed by atoms with Crippen LogP contribution in [0.2, 0.25) is 0 Å². The second-order valence-corrected chi connectivity index (χ2v) is 4.84. The number of hydrogen-bond donors (Lipinski definition) is 2. The zero-order valence-electron chi connectivity index (χ0n) is 10.5. The summed E-state index contributed by atoms with van der Waals surface area (Å²) in [6.07, 6.45) is 1.18. The Morgan fingerprint density at radius 1 is 1.12 bits per heavy atom. The van der Waals surface area contributed by atoms with Gasteiger partial charge in [-0.2, -0.15) is 0 Å². The number of rotatable bonds is 6. The predicted octanol–water partition coefficient (Wildman–Crippen LogP) is 2.70. The minimum Gasteiger partial charge on any atom is -0.392 e. The van der Waals surface area contributed by atoms with Crippen molar-refractivity contribution in [3.8, 4) is 0 Å². The molecule has 0 amide bonds. The molecule has 0 spiro atoms. The summed E-state index contributed by atoms with van der Waals surface area (Å²) in [5.41, 5.74) is 2.22. The highest BCUT2D eigenvalue weighted by Gasteiger charge is 2.05. The van der Waals surface area contributed by atoms with E-state index in [1.807, 2.05) is 18.2 Å². The summed E-state index contributed by atoms with van der Waals surface area (Å²) in [6.45, 7) is 7.64. The first-order chi connectivity index (χ1) is 7.63. The Bertz CT molecular complexity index is 309. The molecule has 0 radical (unpaired) electrons. The largest absolute Gasteiger partial charge is 0.392 e. The van der Waals surface area contributed by atoms with Crippen LogP contribution in [0.1, 0.15) is 38.3 Å². The van der Waals surface area contributed by atoms with Crippen LogP contribution in [0.5, 0.6) is 0 Å². The van der Waals surface area contributed by atoms with Gasteiger partial charge in [0.25, 0.3) is 0 Å². The van der Waals surface area contributed by atoms with Gasteiger partial charge in [-0.15, -0.1) is 0 Å². The van der Waals surface area contributed by atoms with Gasteiger partial charge in [0.15, 0.2) is 0 Å². The van der Waals surface area contributed by atoms with Gasteiger partial charge in [-0.3, -0.25) is 0 Å². The number of nitrogens with one attached hydrogen (secondary N) is 1. The lowest BCUT2D eigenvalue weighted by molar-refractivity contribution is 0.280. The summed E-state index contributed by atoms with van der Waals surface area (Å²) in [4.78, 5) is 0. The van der Waals surface area contributed by atoms with Crippen LogP contribution in [0, 0.1) is 5.92 Å². The van der Waals surface area contributed by atoms with E-state index in [4.69, 9.17) is 0 Å². The van der Waals surface area contributed by atoms with Gasteiger partial charge in [0, 0.05) is 12.6 Å². The molecule has 0 aliphatic rings. The van der Waals surface area contributed by atoms with Gasteiger partial charge in [0.2, 0.25) is 0 Å². The first-order valence-corrected chi connectivity index (χ1v) is 6.04. The Balaban J connectivity index is 2.47. The first kappa shape index (κ1) is 13.2. The Labute approximate surface area is 98.7 Å². The van der Waals surface area contributed by atoms with E-state index in [0.29, 0.717) is 6.04 Å². The van der Waals surface area contributed by atoms with Crippen molar-refractivity contribution < 1.29 is 5.11 Å². The molecule has 2 nitrogen and oxygen atoms in total. The van der Waals surface area contributed by atoms with Crippen LogP contribution in [0.15, 0.2) is 24.3 Å². The number of aliphatic hydroxyl groups excluding tert-OH is 1. The Morgan fingerprint density at radius 3 is 2.31 bits per heavy atom. The fourth-order valence-electron chi connectivity index (χ4n) is 1.96. The molecular formula is C14H23NO. The van der Waals surface area contributed by atoms with Crippen LogP contribution >= 0.6 is 0 Å². The van der Waals surface area contributed by atoms with Crippen molar-refractivity contribution in [3.05, 3.63) is 35.4 Å². The van der Waals surface area contributed by atoms with Crippen LogP contribution < -0.4 is 5.32 Å². The number of benzene rings is 1. The van der Waals surface area contributed by atoms with Crippen LogP contribution in [0.4, 0.5) is 0 Å². The SMILES string of the molecule is CC(C)CC(C)NCc1ccccc1CO. The molecule has 0 aliphatic heterocycles. The molecule has 0 fully saturated rings. The highest BCUT2D eigenvalue weighted by atomic mass is 16.3. The third-order valence-electron chi connectivity index (χ3n) is 2.75. The molecule has 1 unspecified atom stereocenters. The van der Waals surface area contributed by atoms with Crippen molar-refractivity contribution in [2.75, 3.05) is 0 Å². The van der Waals surface area contributed by atoms with Gasteiger partial charge in [-0.25, -0.2) is 0 Å². The maximum atomic E-state index is 9.20. The third kappa shape index (κ3) is 4.33. The lowest BCUT2D eigenvalue weighted by Crippen LogP contribution is -2.27. The van der Waals surface area contributed by atoms with Gasteiger partial charge in [0.1, 0.15) is 0 Å². The molecule has 1 atom stereocenters. The van der Waals surface area contributed by atoms with Crippen LogP contribution in [0.3, 0.4) is 0 Å². The van der Waals surface area contributed by atoms with Gasteiger partial charge in [0.05, 0.1) is 6.61 Å². The highest BCUT2D eigenvalue weighted by Crippen LogP contribution is 2.10. The maximum absolute atomic E-state index is 9.20. The van der Waals surface area contributed by atoms with E-state index in [9.17, 15) is 5.11 Å². The Kier molecular flexibility index (Phi) is 5.50. The fourth-order valence-corrected chi connectivity index (χ4v) is 1.96. The van der Waals surface area contributed by atoms with Gasteiger partial charge in [-0.1, -0.05) is 38.1 Å². The molecule has 2 heteroatoms. The van der Waals surface area contributed by atoms with E-state index in [1.165, 1.54) is 12.0 Å². The summed E-state index contributed by atoms with van der Waals surface area (Å²) in [7, 11) is 0. The molecule has 1 aromatic carbocycles. The van der Waals surface area contributed by atoms with E-state index >= 15 is 0 Å². The van der Waals surface area contributed by atoms with E-state index in [-0.39, 0.29) is 6.61 Å². The first-order valence-electron chi connectivity index (χ1n) is 6.04. The molecule has 1 aromatic rings. The normalized spacial score (nSPS) is 13.1. The molecule has 0 aliphatic carbocycles. The zero-order valence-corrected chi connectivity index (χ0v) is 10.5. The second-order valence-electron chi connectivity index (χ2n) is 4.84. The molecule has 0 bridgehead atoms. The molecule has 90 valence electrons. The quantitative estimate of drug-likeness (QED) is 0.774. The van der Waals surface area contributed by atoms with Crippen LogP contribution in [0.25, 0.3) is 0 Å². The van der Waals surface area contributed by atoms with Crippen molar-refractivity contribution in [3.63, 3.8) is 0 Å². The summed E-state index contributed by atoms with van der Waals surface area (Å²) in [5.74, 6) is 0.718. The van der Waals surface area contributed by atoms with Gasteiger partial charge in [-0.05, 0) is 30.4 Å². The summed E-state index contributed by atoms with van der Waals surface area (Å²) < 4.78 is 0. The van der Waals surface area contributed by atoms with Crippen molar-refractivity contribution in [2.24, 2.45) is 5.92 Å². The van der Waals surface area contributed by atoms with Crippen molar-refractivity contribution in [2.45, 2.75) is 46.4 Å². The zero-order chi connectivity index (χ0) is 12.0. The van der Waals surface area contributed by atoms with Gasteiger partial charge < -0.3 is 10.4 Å². The molecule has 0 heterocycles. The number of aliphatic hydroxyl groups is 1. The van der Waals surface area contributed by atoms with E-state index in [1.54, 1.807) is 0 Å². The van der Waals surface area contributed by atoms with Crippen molar-refractivity contribution in [1.29, 1.82) is 0 Å². The fraction of sp³-hybridized carbons (Fsp3) is 0.571. The Hall–Kier alpha value is -0.860.